The number of esters is 2. The van der Waals surface area contributed by atoms with E-state index in [9.17, 15) is 34.4 Å². The molecule has 2 fully saturated rings. The molecule has 1 N–H and O–H groups in total. The Kier molecular flexibility index (Phi) is 9.22. The molecule has 4 aliphatic carbocycles. The van der Waals surface area contributed by atoms with E-state index in [1.165, 1.54) is 24.3 Å². The third kappa shape index (κ3) is 5.38. The van der Waals surface area contributed by atoms with Crippen LogP contribution in [0.4, 0.5) is 4.39 Å². The Bertz CT molecular complexity index is 1540. The lowest BCUT2D eigenvalue weighted by Crippen LogP contribution is -2.69. The number of Topliss-reactive ketones (excluding diaryl/α,β-unsaturated/α-hetero) is 1. The molecular weight excluding hydrogens is 613 g/mol. The standard InChI is InChI=1S/C35H42FNO10/c1-5-6-11-30(41)47-35(29(40)20-45-31(42)25-10-8-7-9-22(25)19-46-37(43)44)21(2)16-27-26-13-12-23-17-24(38)14-15-32(23,3)34(26,36)28(39)18-33(27,35)4/h7-10,12,14-15,21,26-28,39H,5-6,11,13,16-20H2,1-4H3/t21-,26?,27-,28-,32-,33-,34-,35-/m0/s1. The number of allylic oxidation sites excluding steroid dienone is 4. The summed E-state index contributed by atoms with van der Waals surface area (Å²) in [5, 5.41) is 21.5. The van der Waals surface area contributed by atoms with Gasteiger partial charge in [-0.05, 0) is 56.2 Å². The number of hydrogen-bond acceptors (Lipinski definition) is 10. The van der Waals surface area contributed by atoms with E-state index < -0.39 is 82.0 Å². The molecule has 0 aromatic heterocycles. The highest BCUT2D eigenvalue weighted by molar-refractivity contribution is 5.97. The molecule has 1 aromatic rings. The van der Waals surface area contributed by atoms with Gasteiger partial charge >= 0.3 is 11.9 Å². The largest absolute Gasteiger partial charge is 0.454 e. The second-order valence-corrected chi connectivity index (χ2v) is 13.9. The van der Waals surface area contributed by atoms with Crippen LogP contribution in [0.3, 0.4) is 0 Å². The van der Waals surface area contributed by atoms with Gasteiger partial charge in [-0.1, -0.05) is 63.1 Å². The monoisotopic (exact) mass is 655 g/mol. The van der Waals surface area contributed by atoms with E-state index in [2.05, 4.69) is 4.84 Å². The molecule has 4 aliphatic rings. The maximum absolute atomic E-state index is 17.7. The molecule has 1 aromatic carbocycles. The summed E-state index contributed by atoms with van der Waals surface area (Å²) in [7, 11) is 0. The van der Waals surface area contributed by atoms with Crippen molar-refractivity contribution in [3.8, 4) is 0 Å². The average molecular weight is 656 g/mol. The van der Waals surface area contributed by atoms with Crippen LogP contribution >= 0.6 is 0 Å². The van der Waals surface area contributed by atoms with Gasteiger partial charge in [0.05, 0.1) is 11.7 Å². The molecule has 0 saturated heterocycles. The van der Waals surface area contributed by atoms with E-state index in [-0.39, 0.29) is 42.6 Å². The first kappa shape index (κ1) is 34.4. The lowest BCUT2D eigenvalue weighted by molar-refractivity contribution is -0.763. The number of halogens is 1. The Balaban J connectivity index is 1.49. The third-order valence-corrected chi connectivity index (χ3v) is 11.5. The highest BCUT2D eigenvalue weighted by Gasteiger charge is 2.77. The van der Waals surface area contributed by atoms with Crippen LogP contribution < -0.4 is 0 Å². The van der Waals surface area contributed by atoms with Crippen molar-refractivity contribution in [3.63, 3.8) is 0 Å². The number of ether oxygens (including phenoxy) is 2. The number of fused-ring (bicyclic) bond motifs is 5. The quantitative estimate of drug-likeness (QED) is 0.145. The Morgan fingerprint density at radius 3 is 2.60 bits per heavy atom. The van der Waals surface area contributed by atoms with Gasteiger partial charge in [0, 0.05) is 35.5 Å². The van der Waals surface area contributed by atoms with E-state index in [1.807, 2.05) is 13.0 Å². The number of unbranched alkanes of at least 4 members (excludes halogenated alkanes) is 1. The van der Waals surface area contributed by atoms with Crippen molar-refractivity contribution >= 4 is 23.5 Å². The van der Waals surface area contributed by atoms with Gasteiger partial charge in [-0.15, -0.1) is 10.1 Å². The number of ketones is 2. The van der Waals surface area contributed by atoms with Gasteiger partial charge in [0.1, 0.15) is 6.61 Å². The van der Waals surface area contributed by atoms with Crippen LogP contribution in [-0.2, 0) is 35.3 Å². The van der Waals surface area contributed by atoms with Crippen LogP contribution in [0.2, 0.25) is 0 Å². The normalized spacial score (nSPS) is 35.5. The van der Waals surface area contributed by atoms with Crippen LogP contribution in [-0.4, -0.2) is 57.7 Å². The van der Waals surface area contributed by atoms with Crippen molar-refractivity contribution in [1.82, 2.24) is 0 Å². The zero-order valence-electron chi connectivity index (χ0n) is 27.2. The van der Waals surface area contributed by atoms with Gasteiger partial charge in [0.2, 0.25) is 5.78 Å². The number of nitrogens with zero attached hydrogens (tertiary/aromatic N) is 1. The number of rotatable bonds is 11. The molecule has 5 rings (SSSR count). The summed E-state index contributed by atoms with van der Waals surface area (Å²) in [4.78, 5) is 68.3. The highest BCUT2D eigenvalue weighted by Crippen LogP contribution is 2.71. The molecule has 8 atom stereocenters. The molecule has 1 unspecified atom stereocenters. The minimum atomic E-state index is -2.15. The minimum Gasteiger partial charge on any atom is -0.454 e. The zero-order chi connectivity index (χ0) is 34.4. The molecule has 254 valence electrons. The lowest BCUT2D eigenvalue weighted by Gasteiger charge is -2.62. The number of hydrogen-bond donors (Lipinski definition) is 1. The summed E-state index contributed by atoms with van der Waals surface area (Å²) in [5.74, 6) is -4.25. The van der Waals surface area contributed by atoms with Crippen LogP contribution in [0.15, 0.2) is 48.1 Å². The summed E-state index contributed by atoms with van der Waals surface area (Å²) < 4.78 is 29.4. The summed E-state index contributed by atoms with van der Waals surface area (Å²) in [5.41, 5.74) is -5.69. The van der Waals surface area contributed by atoms with Gasteiger partial charge in [-0.25, -0.2) is 9.18 Å². The maximum Gasteiger partial charge on any atom is 0.338 e. The second kappa shape index (κ2) is 12.6. The predicted octanol–water partition coefficient (Wildman–Crippen LogP) is 5.21. The SMILES string of the molecule is CCCCC(=O)O[C@]1(C(=O)COC(=O)c2ccccc2CO[N+](=O)[O-])[C@@H](C)C[C@H]2C3CC=C4CC(=O)C=C[C@]4(C)[C@@]3(F)[C@@H](O)C[C@@]21C. The first-order valence-corrected chi connectivity index (χ1v) is 16.2. The zero-order valence-corrected chi connectivity index (χ0v) is 27.2. The molecule has 47 heavy (non-hydrogen) atoms. The Morgan fingerprint density at radius 2 is 1.89 bits per heavy atom. The number of alkyl halides is 1. The van der Waals surface area contributed by atoms with Gasteiger partial charge < -0.3 is 19.4 Å². The molecule has 0 heterocycles. The number of carbonyl (C=O) groups is 4. The lowest BCUT2D eigenvalue weighted by atomic mass is 9.45. The van der Waals surface area contributed by atoms with Crippen LogP contribution in [0.5, 0.6) is 0 Å². The molecule has 11 nitrogen and oxygen atoms in total. The van der Waals surface area contributed by atoms with E-state index in [4.69, 9.17) is 9.47 Å². The second-order valence-electron chi connectivity index (χ2n) is 13.9. The van der Waals surface area contributed by atoms with E-state index >= 15 is 4.39 Å². The molecule has 0 radical (unpaired) electrons. The smallest absolute Gasteiger partial charge is 0.338 e. The summed E-state index contributed by atoms with van der Waals surface area (Å²) >= 11 is 0. The van der Waals surface area contributed by atoms with E-state index in [0.29, 0.717) is 24.8 Å². The van der Waals surface area contributed by atoms with Crippen LogP contribution in [0.1, 0.15) is 88.6 Å². The van der Waals surface area contributed by atoms with Gasteiger partial charge in [-0.2, -0.15) is 0 Å². The Labute approximate surface area is 272 Å². The number of aliphatic hydroxyl groups excluding tert-OH is 1. The van der Waals surface area contributed by atoms with Gasteiger partial charge in [0.15, 0.2) is 23.7 Å². The minimum absolute atomic E-state index is 0.0351. The molecule has 12 heteroatoms. The van der Waals surface area contributed by atoms with Gasteiger partial charge in [0.25, 0.3) is 5.09 Å². The van der Waals surface area contributed by atoms with Crippen LogP contribution in [0, 0.1) is 38.7 Å². The fraction of sp³-hybridized carbons (Fsp3) is 0.600. The fourth-order valence-corrected chi connectivity index (χ4v) is 9.14. The average Bonchev–Trinajstić information content (AvgIpc) is 3.24. The van der Waals surface area contributed by atoms with E-state index in [1.54, 1.807) is 32.9 Å². The van der Waals surface area contributed by atoms with Crippen molar-refractivity contribution in [3.05, 3.63) is 69.3 Å². The summed E-state index contributed by atoms with van der Waals surface area (Å²) in [6, 6.07) is 5.94. The molecule has 0 bridgehead atoms. The molecular formula is C35H42FNO10. The summed E-state index contributed by atoms with van der Waals surface area (Å²) in [6.45, 7) is 5.83. The maximum atomic E-state index is 17.7. The van der Waals surface area contributed by atoms with Crippen molar-refractivity contribution < 1.29 is 48.1 Å². The Hall–Kier alpha value is -3.93. The first-order chi connectivity index (χ1) is 22.2. The van der Waals surface area contributed by atoms with Crippen molar-refractivity contribution in [2.45, 2.75) is 96.6 Å². The predicted molar refractivity (Wildman–Crippen MR) is 165 cm³/mol. The topological polar surface area (TPSA) is 159 Å². The molecule has 2 saturated carbocycles. The number of aliphatic hydroxyl groups is 1. The van der Waals surface area contributed by atoms with Crippen LogP contribution in [0.25, 0.3) is 0 Å². The first-order valence-electron chi connectivity index (χ1n) is 16.2. The van der Waals surface area contributed by atoms with Gasteiger partial charge in [-0.3, -0.25) is 14.4 Å². The molecule has 0 spiro atoms. The number of benzene rings is 1. The summed E-state index contributed by atoms with van der Waals surface area (Å²) in [6.07, 6.45) is 4.92. The fourth-order valence-electron chi connectivity index (χ4n) is 9.14. The number of carbonyl (C=O) groups excluding carboxylic acids is 4. The Morgan fingerprint density at radius 1 is 1.17 bits per heavy atom. The molecule has 0 aliphatic heterocycles. The highest BCUT2D eigenvalue weighted by atomic mass is 19.1. The van der Waals surface area contributed by atoms with Crippen molar-refractivity contribution in [1.29, 1.82) is 0 Å². The molecule has 0 amide bonds. The van der Waals surface area contributed by atoms with Crippen molar-refractivity contribution in [2.75, 3.05) is 6.61 Å². The van der Waals surface area contributed by atoms with E-state index in [0.717, 1.165) is 0 Å². The third-order valence-electron chi connectivity index (χ3n) is 11.5. The van der Waals surface area contributed by atoms with Crippen molar-refractivity contribution in [2.24, 2.45) is 28.6 Å².